The second kappa shape index (κ2) is 5.71. The van der Waals surface area contributed by atoms with Gasteiger partial charge in [0, 0.05) is 17.7 Å². The van der Waals surface area contributed by atoms with Crippen LogP contribution < -0.4 is 4.57 Å². The summed E-state index contributed by atoms with van der Waals surface area (Å²) in [5.41, 5.74) is 6.81. The van der Waals surface area contributed by atoms with E-state index in [0.29, 0.717) is 0 Å². The highest BCUT2D eigenvalue weighted by Gasteiger charge is 2.23. The van der Waals surface area contributed by atoms with E-state index in [0.717, 1.165) is 11.2 Å². The molecule has 0 N–H and O–H groups in total. The molecule has 0 saturated carbocycles. The Hall–Kier alpha value is -3.59. The molecule has 3 nitrogen and oxygen atoms in total. The SMILES string of the molecule is Cc1ccccc1-n1c(C)[n+](C)c2cc3cc4oc5ccccc5c4cc3cc21. The average molecular weight is 377 g/mol. The zero-order valence-corrected chi connectivity index (χ0v) is 16.7. The fourth-order valence-electron chi connectivity index (χ4n) is 4.56. The molecule has 3 heteroatoms. The van der Waals surface area contributed by atoms with Gasteiger partial charge in [-0.25, -0.2) is 4.57 Å². The highest BCUT2D eigenvalue weighted by molar-refractivity contribution is 6.11. The van der Waals surface area contributed by atoms with E-state index in [1.54, 1.807) is 0 Å². The van der Waals surface area contributed by atoms with E-state index in [-0.39, 0.29) is 0 Å². The Morgan fingerprint density at radius 2 is 1.52 bits per heavy atom. The summed E-state index contributed by atoms with van der Waals surface area (Å²) in [6.07, 6.45) is 0. The Morgan fingerprint density at radius 3 is 2.38 bits per heavy atom. The van der Waals surface area contributed by atoms with Gasteiger partial charge in [-0.1, -0.05) is 36.4 Å². The topological polar surface area (TPSA) is 21.9 Å². The minimum atomic E-state index is 0.938. The van der Waals surface area contributed by atoms with Crippen molar-refractivity contribution >= 4 is 43.7 Å². The molecular formula is C26H21N2O+. The molecule has 0 aliphatic heterocycles. The smallest absolute Gasteiger partial charge is 0.259 e. The van der Waals surface area contributed by atoms with Gasteiger partial charge in [0.1, 0.15) is 16.9 Å². The molecule has 2 heterocycles. The maximum atomic E-state index is 6.10. The molecule has 0 radical (unpaired) electrons. The molecule has 0 fully saturated rings. The van der Waals surface area contributed by atoms with Gasteiger partial charge in [0.25, 0.3) is 5.82 Å². The van der Waals surface area contributed by atoms with Crippen molar-refractivity contribution in [3.05, 3.63) is 84.2 Å². The van der Waals surface area contributed by atoms with Crippen LogP contribution in [0.4, 0.5) is 0 Å². The molecule has 0 bridgehead atoms. The molecule has 140 valence electrons. The summed E-state index contributed by atoms with van der Waals surface area (Å²) in [6.45, 7) is 4.35. The highest BCUT2D eigenvalue weighted by atomic mass is 16.3. The van der Waals surface area contributed by atoms with Crippen LogP contribution in [0, 0.1) is 13.8 Å². The highest BCUT2D eigenvalue weighted by Crippen LogP contribution is 2.34. The monoisotopic (exact) mass is 377 g/mol. The molecule has 0 unspecified atom stereocenters. The quantitative estimate of drug-likeness (QED) is 0.316. The predicted octanol–water partition coefficient (Wildman–Crippen LogP) is 6.12. The molecule has 4 aromatic carbocycles. The van der Waals surface area contributed by atoms with E-state index >= 15 is 0 Å². The first-order valence-corrected chi connectivity index (χ1v) is 9.94. The van der Waals surface area contributed by atoms with Crippen molar-refractivity contribution in [2.75, 3.05) is 0 Å². The molecule has 6 aromatic rings. The molecule has 0 saturated heterocycles. The van der Waals surface area contributed by atoms with Crippen LogP contribution in [0.3, 0.4) is 0 Å². The maximum Gasteiger partial charge on any atom is 0.259 e. The maximum absolute atomic E-state index is 6.10. The predicted molar refractivity (Wildman–Crippen MR) is 119 cm³/mol. The van der Waals surface area contributed by atoms with E-state index in [1.807, 2.05) is 12.1 Å². The van der Waals surface area contributed by atoms with Crippen molar-refractivity contribution in [1.29, 1.82) is 0 Å². The molecule has 6 rings (SSSR count). The van der Waals surface area contributed by atoms with Crippen LogP contribution in [0.25, 0.3) is 49.4 Å². The Bertz CT molecular complexity index is 1580. The fraction of sp³-hybridized carbons (Fsp3) is 0.115. The summed E-state index contributed by atoms with van der Waals surface area (Å²) >= 11 is 0. The van der Waals surface area contributed by atoms with E-state index in [4.69, 9.17) is 4.42 Å². The second-order valence-corrected chi connectivity index (χ2v) is 7.86. The van der Waals surface area contributed by atoms with Crippen LogP contribution in [-0.2, 0) is 7.05 Å². The largest absolute Gasteiger partial charge is 0.456 e. The number of nitrogens with zero attached hydrogens (tertiary/aromatic N) is 2. The van der Waals surface area contributed by atoms with E-state index in [1.165, 1.54) is 49.7 Å². The van der Waals surface area contributed by atoms with Gasteiger partial charge in [0.15, 0.2) is 11.0 Å². The number of aromatic nitrogens is 2. The molecule has 0 amide bonds. The van der Waals surface area contributed by atoms with Gasteiger partial charge in [-0.2, -0.15) is 4.57 Å². The standard InChI is InChI=1S/C26H21N2O/c1-16-8-4-6-10-22(16)28-17(2)27(3)23-13-19-15-26-21(12-18(19)14-24(23)28)20-9-5-7-11-25(20)29-26/h4-15H,1-3H3/q+1. The number of benzene rings is 4. The van der Waals surface area contributed by atoms with Crippen molar-refractivity contribution in [1.82, 2.24) is 4.57 Å². The zero-order chi connectivity index (χ0) is 19.7. The first kappa shape index (κ1) is 16.4. The third kappa shape index (κ3) is 2.21. The zero-order valence-electron chi connectivity index (χ0n) is 16.7. The van der Waals surface area contributed by atoms with Crippen LogP contribution in [0.1, 0.15) is 11.4 Å². The minimum Gasteiger partial charge on any atom is -0.456 e. The Labute approximate surface area is 168 Å². The summed E-state index contributed by atoms with van der Waals surface area (Å²) in [7, 11) is 2.14. The molecule has 2 aromatic heterocycles. The van der Waals surface area contributed by atoms with Gasteiger partial charge in [-0.3, -0.25) is 0 Å². The van der Waals surface area contributed by atoms with Crippen molar-refractivity contribution in [2.45, 2.75) is 13.8 Å². The van der Waals surface area contributed by atoms with Crippen LogP contribution in [0.5, 0.6) is 0 Å². The first-order chi connectivity index (χ1) is 14.1. The number of aryl methyl sites for hydroxylation is 2. The van der Waals surface area contributed by atoms with Crippen LogP contribution in [0.2, 0.25) is 0 Å². The van der Waals surface area contributed by atoms with Crippen molar-refractivity contribution in [3.63, 3.8) is 0 Å². The number of hydrogen-bond acceptors (Lipinski definition) is 1. The normalized spacial score (nSPS) is 12.0. The molecule has 0 spiro atoms. The van der Waals surface area contributed by atoms with Gasteiger partial charge in [-0.05, 0) is 59.7 Å². The number of imidazole rings is 1. The van der Waals surface area contributed by atoms with Crippen molar-refractivity contribution in [2.24, 2.45) is 7.05 Å². The fourth-order valence-corrected chi connectivity index (χ4v) is 4.56. The van der Waals surface area contributed by atoms with Crippen LogP contribution in [-0.4, -0.2) is 4.57 Å². The number of para-hydroxylation sites is 2. The Balaban J connectivity index is 1.74. The first-order valence-electron chi connectivity index (χ1n) is 9.94. The van der Waals surface area contributed by atoms with Gasteiger partial charge in [0.05, 0.1) is 7.05 Å². The molecule has 0 aliphatic carbocycles. The Morgan fingerprint density at radius 1 is 0.759 bits per heavy atom. The van der Waals surface area contributed by atoms with Gasteiger partial charge >= 0.3 is 0 Å². The summed E-state index contributed by atoms with van der Waals surface area (Å²) in [5.74, 6) is 1.21. The van der Waals surface area contributed by atoms with E-state index in [9.17, 15) is 0 Å². The molecule has 0 aliphatic rings. The lowest BCUT2D eigenvalue weighted by molar-refractivity contribution is -0.652. The van der Waals surface area contributed by atoms with Gasteiger partial charge in [-0.15, -0.1) is 0 Å². The molecular weight excluding hydrogens is 356 g/mol. The summed E-state index contributed by atoms with van der Waals surface area (Å²) < 4.78 is 10.7. The minimum absolute atomic E-state index is 0.938. The van der Waals surface area contributed by atoms with E-state index < -0.39 is 0 Å². The van der Waals surface area contributed by atoms with Crippen LogP contribution in [0.15, 0.2) is 77.2 Å². The Kier molecular flexibility index (Phi) is 3.22. The number of rotatable bonds is 1. The number of hydrogen-bond donors (Lipinski definition) is 0. The van der Waals surface area contributed by atoms with Crippen molar-refractivity contribution < 1.29 is 8.98 Å². The number of fused-ring (bicyclic) bond motifs is 5. The summed E-state index contributed by atoms with van der Waals surface area (Å²) in [4.78, 5) is 0. The lowest BCUT2D eigenvalue weighted by Crippen LogP contribution is -2.30. The third-order valence-corrected chi connectivity index (χ3v) is 6.20. The lowest BCUT2D eigenvalue weighted by atomic mass is 10.0. The van der Waals surface area contributed by atoms with Gasteiger partial charge < -0.3 is 4.42 Å². The summed E-state index contributed by atoms with van der Waals surface area (Å²) in [6, 6.07) is 25.8. The van der Waals surface area contributed by atoms with E-state index in [2.05, 4.69) is 90.7 Å². The number of furan rings is 1. The van der Waals surface area contributed by atoms with Crippen LogP contribution >= 0.6 is 0 Å². The molecule has 29 heavy (non-hydrogen) atoms. The van der Waals surface area contributed by atoms with Gasteiger partial charge in [0.2, 0.25) is 0 Å². The third-order valence-electron chi connectivity index (χ3n) is 6.20. The average Bonchev–Trinajstić information content (AvgIpc) is 3.20. The second-order valence-electron chi connectivity index (χ2n) is 7.86. The lowest BCUT2D eigenvalue weighted by Gasteiger charge is -2.04. The summed E-state index contributed by atoms with van der Waals surface area (Å²) in [5, 5.41) is 4.76. The molecule has 0 atom stereocenters. The van der Waals surface area contributed by atoms with Crippen molar-refractivity contribution in [3.8, 4) is 5.69 Å².